The third-order valence-electron chi connectivity index (χ3n) is 4.18. The minimum atomic E-state index is -0.164. The van der Waals surface area contributed by atoms with Crippen LogP contribution >= 0.6 is 11.8 Å². The lowest BCUT2D eigenvalue weighted by Gasteiger charge is -2.16. The van der Waals surface area contributed by atoms with Gasteiger partial charge in [-0.15, -0.1) is 11.8 Å². The molecule has 126 valence electrons. The predicted octanol–water partition coefficient (Wildman–Crippen LogP) is 3.30. The number of carbonyl (C=O) groups is 1. The molecule has 0 aromatic heterocycles. The first kappa shape index (κ1) is 16.9. The quantitative estimate of drug-likeness (QED) is 0.723. The molecule has 0 radical (unpaired) electrons. The molecule has 1 fully saturated rings. The third-order valence-corrected chi connectivity index (χ3v) is 5.68. The number of hydrogen-bond donors (Lipinski definition) is 3. The Kier molecular flexibility index (Phi) is 5.43. The number of rotatable bonds is 7. The summed E-state index contributed by atoms with van der Waals surface area (Å²) in [6, 6.07) is 17.7. The van der Waals surface area contributed by atoms with Crippen LogP contribution in [0.25, 0.3) is 0 Å². The Labute approximate surface area is 146 Å². The summed E-state index contributed by atoms with van der Waals surface area (Å²) in [5, 5.41) is 15.2. The summed E-state index contributed by atoms with van der Waals surface area (Å²) in [5.74, 6) is 0. The Bertz CT molecular complexity index is 687. The summed E-state index contributed by atoms with van der Waals surface area (Å²) in [4.78, 5) is 13.3. The summed E-state index contributed by atoms with van der Waals surface area (Å²) in [7, 11) is 0. The zero-order valence-electron chi connectivity index (χ0n) is 13.5. The van der Waals surface area contributed by atoms with Crippen LogP contribution in [0, 0.1) is 0 Å². The largest absolute Gasteiger partial charge is 0.392 e. The number of aliphatic hydroxyl groups is 1. The number of hydrogen-bond acceptors (Lipinski definition) is 3. The first-order valence-electron chi connectivity index (χ1n) is 8.14. The van der Waals surface area contributed by atoms with Gasteiger partial charge in [-0.2, -0.15) is 0 Å². The lowest BCUT2D eigenvalue weighted by molar-refractivity contribution is 0.240. The van der Waals surface area contributed by atoms with Crippen LogP contribution in [0.4, 0.5) is 4.79 Å². The summed E-state index contributed by atoms with van der Waals surface area (Å²) >= 11 is 1.84. The van der Waals surface area contributed by atoms with E-state index in [1.807, 2.05) is 54.2 Å². The minimum absolute atomic E-state index is 0.0176. The van der Waals surface area contributed by atoms with Crippen molar-refractivity contribution in [3.05, 3.63) is 65.7 Å². The molecular formula is C19H22N2O2S. The van der Waals surface area contributed by atoms with Crippen molar-refractivity contribution < 1.29 is 9.90 Å². The molecule has 0 spiro atoms. The van der Waals surface area contributed by atoms with Gasteiger partial charge in [0.25, 0.3) is 0 Å². The second kappa shape index (κ2) is 7.73. The topological polar surface area (TPSA) is 61.4 Å². The maximum Gasteiger partial charge on any atom is 0.315 e. The highest BCUT2D eigenvalue weighted by Gasteiger charge is 2.43. The van der Waals surface area contributed by atoms with Crippen molar-refractivity contribution in [2.24, 2.45) is 0 Å². The predicted molar refractivity (Wildman–Crippen MR) is 96.9 cm³/mol. The second-order valence-corrected chi connectivity index (χ2v) is 7.60. The highest BCUT2D eigenvalue weighted by Crippen LogP contribution is 2.51. The molecule has 5 heteroatoms. The van der Waals surface area contributed by atoms with Crippen LogP contribution in [-0.4, -0.2) is 22.4 Å². The number of thioether (sulfide) groups is 1. The lowest BCUT2D eigenvalue weighted by atomic mass is 10.1. The highest BCUT2D eigenvalue weighted by atomic mass is 32.2. The molecule has 2 amide bonds. The van der Waals surface area contributed by atoms with Gasteiger partial charge in [-0.05, 0) is 36.1 Å². The molecule has 0 atom stereocenters. The smallest absolute Gasteiger partial charge is 0.315 e. The number of benzene rings is 2. The molecule has 2 aromatic carbocycles. The zero-order chi connectivity index (χ0) is 16.8. The fraction of sp³-hybridized carbons (Fsp3) is 0.316. The van der Waals surface area contributed by atoms with Crippen molar-refractivity contribution in [3.8, 4) is 0 Å². The van der Waals surface area contributed by atoms with Gasteiger partial charge in [0.15, 0.2) is 0 Å². The maximum atomic E-state index is 12.0. The van der Waals surface area contributed by atoms with Gasteiger partial charge in [0, 0.05) is 22.7 Å². The van der Waals surface area contributed by atoms with Gasteiger partial charge >= 0.3 is 6.03 Å². The van der Waals surface area contributed by atoms with Gasteiger partial charge in [-0.1, -0.05) is 42.5 Å². The van der Waals surface area contributed by atoms with E-state index < -0.39 is 0 Å². The van der Waals surface area contributed by atoms with Gasteiger partial charge in [-0.25, -0.2) is 4.79 Å². The number of carbonyl (C=O) groups excluding carboxylic acids is 1. The van der Waals surface area contributed by atoms with E-state index in [1.165, 1.54) is 4.90 Å². The fourth-order valence-electron chi connectivity index (χ4n) is 2.56. The van der Waals surface area contributed by atoms with Crippen LogP contribution in [0.1, 0.15) is 24.0 Å². The first-order valence-corrected chi connectivity index (χ1v) is 8.96. The Morgan fingerprint density at radius 3 is 2.33 bits per heavy atom. The molecule has 0 unspecified atom stereocenters. The van der Waals surface area contributed by atoms with E-state index in [0.29, 0.717) is 13.1 Å². The molecule has 0 saturated heterocycles. The molecule has 3 N–H and O–H groups in total. The van der Waals surface area contributed by atoms with E-state index >= 15 is 0 Å². The normalized spacial score (nSPS) is 14.9. The van der Waals surface area contributed by atoms with Crippen LogP contribution < -0.4 is 10.6 Å². The van der Waals surface area contributed by atoms with E-state index in [4.69, 9.17) is 0 Å². The van der Waals surface area contributed by atoms with Crippen LogP contribution in [-0.2, 0) is 13.2 Å². The molecule has 1 aliphatic rings. The third kappa shape index (κ3) is 4.52. The van der Waals surface area contributed by atoms with Crippen molar-refractivity contribution in [1.82, 2.24) is 10.6 Å². The van der Waals surface area contributed by atoms with Gasteiger partial charge in [0.05, 0.1) is 6.61 Å². The van der Waals surface area contributed by atoms with E-state index in [2.05, 4.69) is 22.8 Å². The van der Waals surface area contributed by atoms with Gasteiger partial charge in [0.1, 0.15) is 0 Å². The van der Waals surface area contributed by atoms with Gasteiger partial charge in [-0.3, -0.25) is 0 Å². The molecule has 1 aliphatic carbocycles. The summed E-state index contributed by atoms with van der Waals surface area (Å²) in [6.45, 7) is 1.07. The van der Waals surface area contributed by atoms with Crippen LogP contribution in [0.2, 0.25) is 0 Å². The zero-order valence-corrected chi connectivity index (χ0v) is 14.3. The van der Waals surface area contributed by atoms with Crippen molar-refractivity contribution in [1.29, 1.82) is 0 Å². The van der Waals surface area contributed by atoms with Crippen molar-refractivity contribution in [2.75, 3.05) is 6.54 Å². The van der Waals surface area contributed by atoms with Crippen LogP contribution in [0.3, 0.4) is 0 Å². The van der Waals surface area contributed by atoms with Gasteiger partial charge < -0.3 is 15.7 Å². The molecule has 0 bridgehead atoms. The Morgan fingerprint density at radius 1 is 1.00 bits per heavy atom. The molecule has 3 rings (SSSR count). The Hall–Kier alpha value is -1.98. The molecule has 24 heavy (non-hydrogen) atoms. The molecule has 0 aliphatic heterocycles. The molecule has 0 heterocycles. The standard InChI is InChI=1S/C19H22N2O2S/c22-13-16-7-5-4-6-15(16)12-20-18(23)21-14-19(10-11-19)24-17-8-2-1-3-9-17/h1-9,22H,10-14H2,(H2,20,21,23). The Balaban J connectivity index is 1.46. The average molecular weight is 342 g/mol. The van der Waals surface area contributed by atoms with Crippen molar-refractivity contribution >= 4 is 17.8 Å². The number of nitrogens with one attached hydrogen (secondary N) is 2. The summed E-state index contributed by atoms with van der Waals surface area (Å²) in [5.41, 5.74) is 1.78. The van der Waals surface area contributed by atoms with E-state index in [9.17, 15) is 9.90 Å². The van der Waals surface area contributed by atoms with E-state index in [1.54, 1.807) is 0 Å². The Morgan fingerprint density at radius 2 is 1.67 bits per heavy atom. The summed E-state index contributed by atoms with van der Waals surface area (Å²) < 4.78 is 0.141. The van der Waals surface area contributed by atoms with E-state index in [-0.39, 0.29) is 17.4 Å². The monoisotopic (exact) mass is 342 g/mol. The van der Waals surface area contributed by atoms with Gasteiger partial charge in [0.2, 0.25) is 0 Å². The van der Waals surface area contributed by atoms with E-state index in [0.717, 1.165) is 24.0 Å². The minimum Gasteiger partial charge on any atom is -0.392 e. The SMILES string of the molecule is O=C(NCc1ccccc1CO)NCC1(Sc2ccccc2)CC1. The van der Waals surface area contributed by atoms with Crippen LogP contribution in [0.5, 0.6) is 0 Å². The number of urea groups is 1. The summed E-state index contributed by atoms with van der Waals surface area (Å²) in [6.07, 6.45) is 2.25. The molecular weight excluding hydrogens is 320 g/mol. The lowest BCUT2D eigenvalue weighted by Crippen LogP contribution is -2.39. The molecule has 2 aromatic rings. The highest BCUT2D eigenvalue weighted by molar-refractivity contribution is 8.01. The van der Waals surface area contributed by atoms with Crippen molar-refractivity contribution in [2.45, 2.75) is 35.6 Å². The fourth-order valence-corrected chi connectivity index (χ4v) is 3.80. The number of amides is 2. The maximum absolute atomic E-state index is 12.0. The van der Waals surface area contributed by atoms with Crippen LogP contribution in [0.15, 0.2) is 59.5 Å². The average Bonchev–Trinajstić information content (AvgIpc) is 3.39. The molecule has 4 nitrogen and oxygen atoms in total. The first-order chi connectivity index (χ1) is 11.7. The van der Waals surface area contributed by atoms with Crippen molar-refractivity contribution in [3.63, 3.8) is 0 Å². The number of aliphatic hydroxyl groups excluding tert-OH is 1. The second-order valence-electron chi connectivity index (χ2n) is 6.06. The molecule has 1 saturated carbocycles.